The highest BCUT2D eigenvalue weighted by Gasteiger charge is 2.28. The van der Waals surface area contributed by atoms with Gasteiger partial charge in [0.15, 0.2) is 0 Å². The van der Waals surface area contributed by atoms with Crippen molar-refractivity contribution < 1.29 is 5.11 Å². The number of hydrogen-bond donors (Lipinski definition) is 1. The van der Waals surface area contributed by atoms with E-state index in [4.69, 9.17) is 0 Å². The van der Waals surface area contributed by atoms with Crippen LogP contribution in [0.5, 0.6) is 0 Å². The summed E-state index contributed by atoms with van der Waals surface area (Å²) in [6.45, 7) is 4.44. The van der Waals surface area contributed by atoms with Crippen LogP contribution in [0.15, 0.2) is 0 Å². The summed E-state index contributed by atoms with van der Waals surface area (Å²) in [6.07, 6.45) is 6.45. The second-order valence-corrected chi connectivity index (χ2v) is 6.08. The standard InChI is InChI=1S/C13H22N2OS/c1-3-4-11-13(17-15-14-11)12(16)10-7-5-9(2)6-8-10/h9-10,12,16H,3-8H2,1-2H3. The predicted molar refractivity (Wildman–Crippen MR) is 70.0 cm³/mol. The first kappa shape index (κ1) is 13.0. The van der Waals surface area contributed by atoms with E-state index in [0.29, 0.717) is 5.92 Å². The molecule has 0 bridgehead atoms. The highest BCUT2D eigenvalue weighted by atomic mass is 32.1. The van der Waals surface area contributed by atoms with E-state index in [0.717, 1.165) is 42.2 Å². The molecule has 0 amide bonds. The third-order valence-corrected chi connectivity index (χ3v) is 4.68. The quantitative estimate of drug-likeness (QED) is 0.896. The van der Waals surface area contributed by atoms with Gasteiger partial charge in [0.1, 0.15) is 0 Å². The van der Waals surface area contributed by atoms with Crippen molar-refractivity contribution in [3.05, 3.63) is 10.6 Å². The van der Waals surface area contributed by atoms with E-state index >= 15 is 0 Å². The molecule has 96 valence electrons. The van der Waals surface area contributed by atoms with Gasteiger partial charge in [-0.1, -0.05) is 37.6 Å². The number of aliphatic hydroxyl groups is 1. The molecule has 0 radical (unpaired) electrons. The second-order valence-electron chi connectivity index (χ2n) is 5.30. The molecule has 0 saturated heterocycles. The van der Waals surface area contributed by atoms with Crippen molar-refractivity contribution in [2.45, 2.75) is 58.5 Å². The maximum Gasteiger partial charge on any atom is 0.0945 e. The zero-order valence-corrected chi connectivity index (χ0v) is 11.5. The van der Waals surface area contributed by atoms with Crippen LogP contribution in [-0.4, -0.2) is 14.7 Å². The predicted octanol–water partition coefficient (Wildman–Crippen LogP) is 3.35. The topological polar surface area (TPSA) is 46.0 Å². The van der Waals surface area contributed by atoms with E-state index in [1.165, 1.54) is 24.4 Å². The maximum atomic E-state index is 10.5. The molecule has 0 aliphatic heterocycles. The molecule has 0 spiro atoms. The lowest BCUT2D eigenvalue weighted by molar-refractivity contribution is 0.0775. The van der Waals surface area contributed by atoms with Crippen LogP contribution in [0.2, 0.25) is 0 Å². The third-order valence-electron chi connectivity index (χ3n) is 3.85. The molecule has 1 atom stereocenters. The number of aliphatic hydroxyl groups excluding tert-OH is 1. The highest BCUT2D eigenvalue weighted by Crippen LogP contribution is 2.38. The van der Waals surface area contributed by atoms with Gasteiger partial charge in [-0.3, -0.25) is 0 Å². The fourth-order valence-corrected chi connectivity index (χ4v) is 3.44. The first-order valence-electron chi connectivity index (χ1n) is 6.71. The van der Waals surface area contributed by atoms with Crippen LogP contribution in [-0.2, 0) is 6.42 Å². The molecule has 1 aromatic heterocycles. The molecule has 4 heteroatoms. The van der Waals surface area contributed by atoms with Gasteiger partial charge >= 0.3 is 0 Å². The summed E-state index contributed by atoms with van der Waals surface area (Å²) >= 11 is 1.38. The molecule has 1 saturated carbocycles. The molecule has 3 nitrogen and oxygen atoms in total. The van der Waals surface area contributed by atoms with Gasteiger partial charge in [0.05, 0.1) is 16.7 Å². The summed E-state index contributed by atoms with van der Waals surface area (Å²) in [5.74, 6) is 1.25. The molecule has 1 aliphatic carbocycles. The minimum atomic E-state index is -0.330. The van der Waals surface area contributed by atoms with Crippen LogP contribution >= 0.6 is 11.5 Å². The van der Waals surface area contributed by atoms with Crippen molar-refractivity contribution in [1.82, 2.24) is 9.59 Å². The number of hydrogen-bond acceptors (Lipinski definition) is 4. The van der Waals surface area contributed by atoms with Gasteiger partial charge in [0.25, 0.3) is 0 Å². The molecule has 1 aromatic rings. The Labute approximate surface area is 107 Å². The molecule has 2 rings (SSSR count). The second kappa shape index (κ2) is 5.91. The van der Waals surface area contributed by atoms with Crippen LogP contribution in [0.3, 0.4) is 0 Å². The molecule has 1 fully saturated rings. The SMILES string of the molecule is CCCc1nnsc1C(O)C1CCC(C)CC1. The van der Waals surface area contributed by atoms with E-state index < -0.39 is 0 Å². The van der Waals surface area contributed by atoms with Crippen LogP contribution < -0.4 is 0 Å². The van der Waals surface area contributed by atoms with Crippen molar-refractivity contribution in [1.29, 1.82) is 0 Å². The largest absolute Gasteiger partial charge is 0.387 e. The number of aryl methyl sites for hydroxylation is 1. The number of nitrogens with zero attached hydrogens (tertiary/aromatic N) is 2. The number of aromatic nitrogens is 2. The van der Waals surface area contributed by atoms with Crippen molar-refractivity contribution in [3.8, 4) is 0 Å². The van der Waals surface area contributed by atoms with E-state index in [9.17, 15) is 5.11 Å². The van der Waals surface area contributed by atoms with Crippen molar-refractivity contribution >= 4 is 11.5 Å². The Balaban J connectivity index is 2.03. The smallest absolute Gasteiger partial charge is 0.0945 e. The van der Waals surface area contributed by atoms with Gasteiger partial charge in [0.2, 0.25) is 0 Å². The fourth-order valence-electron chi connectivity index (χ4n) is 2.67. The van der Waals surface area contributed by atoms with Gasteiger partial charge in [-0.15, -0.1) is 5.10 Å². The lowest BCUT2D eigenvalue weighted by atomic mass is 9.79. The molecule has 1 heterocycles. The Bertz CT molecular complexity index is 345. The molecule has 1 unspecified atom stereocenters. The summed E-state index contributed by atoms with van der Waals surface area (Å²) in [5, 5.41) is 14.6. The Morgan fingerprint density at radius 2 is 2.06 bits per heavy atom. The molecule has 1 N–H and O–H groups in total. The summed E-state index contributed by atoms with van der Waals surface area (Å²) < 4.78 is 4.00. The summed E-state index contributed by atoms with van der Waals surface area (Å²) in [6, 6.07) is 0. The van der Waals surface area contributed by atoms with Gasteiger partial charge in [0, 0.05) is 0 Å². The Morgan fingerprint density at radius 1 is 1.35 bits per heavy atom. The van der Waals surface area contributed by atoms with E-state index in [1.807, 2.05) is 0 Å². The lowest BCUT2D eigenvalue weighted by Crippen LogP contribution is -2.19. The molecule has 17 heavy (non-hydrogen) atoms. The average molecular weight is 254 g/mol. The third kappa shape index (κ3) is 3.05. The first-order chi connectivity index (χ1) is 8.22. The van der Waals surface area contributed by atoms with Crippen LogP contribution in [0, 0.1) is 11.8 Å². The zero-order chi connectivity index (χ0) is 12.3. The van der Waals surface area contributed by atoms with Crippen molar-refractivity contribution in [2.75, 3.05) is 0 Å². The van der Waals surface area contributed by atoms with Crippen LogP contribution in [0.1, 0.15) is 62.6 Å². The normalized spacial score (nSPS) is 27.0. The molecular formula is C13H22N2OS. The van der Waals surface area contributed by atoms with E-state index in [2.05, 4.69) is 23.4 Å². The monoisotopic (exact) mass is 254 g/mol. The number of rotatable bonds is 4. The van der Waals surface area contributed by atoms with Gasteiger partial charge < -0.3 is 5.11 Å². The highest BCUT2D eigenvalue weighted by molar-refractivity contribution is 7.05. The summed E-state index contributed by atoms with van der Waals surface area (Å²) in [7, 11) is 0. The zero-order valence-electron chi connectivity index (χ0n) is 10.7. The Kier molecular flexibility index (Phi) is 4.51. The first-order valence-corrected chi connectivity index (χ1v) is 7.48. The lowest BCUT2D eigenvalue weighted by Gasteiger charge is -2.29. The van der Waals surface area contributed by atoms with Crippen LogP contribution in [0.4, 0.5) is 0 Å². The maximum absolute atomic E-state index is 10.5. The van der Waals surface area contributed by atoms with E-state index in [1.54, 1.807) is 0 Å². The summed E-state index contributed by atoms with van der Waals surface area (Å²) in [5.41, 5.74) is 1.02. The van der Waals surface area contributed by atoms with Gasteiger partial charge in [-0.25, -0.2) is 0 Å². The fraction of sp³-hybridized carbons (Fsp3) is 0.846. The summed E-state index contributed by atoms with van der Waals surface area (Å²) in [4.78, 5) is 1.02. The average Bonchev–Trinajstić information content (AvgIpc) is 2.78. The van der Waals surface area contributed by atoms with Gasteiger partial charge in [-0.2, -0.15) is 0 Å². The molecule has 0 aromatic carbocycles. The molecular weight excluding hydrogens is 232 g/mol. The van der Waals surface area contributed by atoms with Crippen molar-refractivity contribution in [3.63, 3.8) is 0 Å². The van der Waals surface area contributed by atoms with E-state index in [-0.39, 0.29) is 6.10 Å². The van der Waals surface area contributed by atoms with Crippen molar-refractivity contribution in [2.24, 2.45) is 11.8 Å². The van der Waals surface area contributed by atoms with Gasteiger partial charge in [-0.05, 0) is 42.6 Å². The minimum Gasteiger partial charge on any atom is -0.387 e. The Hall–Kier alpha value is -0.480. The molecule has 1 aliphatic rings. The minimum absolute atomic E-state index is 0.330. The van der Waals surface area contributed by atoms with Crippen LogP contribution in [0.25, 0.3) is 0 Å². The Morgan fingerprint density at radius 3 is 2.71 bits per heavy atom.